The van der Waals surface area contributed by atoms with Crippen LogP contribution >= 0.6 is 0 Å². The largest absolute Gasteiger partial charge is 0.419 e. The Bertz CT molecular complexity index is 731. The summed E-state index contributed by atoms with van der Waals surface area (Å²) in [4.78, 5) is 24.0. The minimum atomic E-state index is -0.354. The number of rotatable bonds is 5. The van der Waals surface area contributed by atoms with E-state index in [4.69, 9.17) is 4.42 Å². The smallest absolute Gasteiger partial charge is 0.408 e. The first-order valence-corrected chi connectivity index (χ1v) is 8.53. The second-order valence-electron chi connectivity index (χ2n) is 6.53. The molecule has 1 N–H and O–H groups in total. The summed E-state index contributed by atoms with van der Waals surface area (Å²) in [5.74, 6) is 0.297. The summed E-state index contributed by atoms with van der Waals surface area (Å²) in [6.07, 6.45) is 5.82. The van der Waals surface area contributed by atoms with E-state index < -0.39 is 0 Å². The molecule has 0 spiro atoms. The second kappa shape index (κ2) is 7.02. The zero-order chi connectivity index (χ0) is 16.2. The van der Waals surface area contributed by atoms with Gasteiger partial charge in [-0.15, -0.1) is 0 Å². The van der Waals surface area contributed by atoms with Gasteiger partial charge in [-0.05, 0) is 37.3 Å². The van der Waals surface area contributed by atoms with Crippen LogP contribution in [0.15, 0.2) is 33.5 Å². The van der Waals surface area contributed by atoms with Gasteiger partial charge in [0.15, 0.2) is 5.58 Å². The molecule has 1 aliphatic rings. The van der Waals surface area contributed by atoms with Crippen molar-refractivity contribution in [2.75, 3.05) is 0 Å². The van der Waals surface area contributed by atoms with Gasteiger partial charge in [0, 0.05) is 19.0 Å². The molecule has 1 saturated carbocycles. The molecule has 23 heavy (non-hydrogen) atoms. The molecule has 1 amide bonds. The van der Waals surface area contributed by atoms with Crippen molar-refractivity contribution in [3.8, 4) is 0 Å². The summed E-state index contributed by atoms with van der Waals surface area (Å²) in [7, 11) is 0. The fourth-order valence-electron chi connectivity index (χ4n) is 3.43. The Morgan fingerprint density at radius 3 is 2.91 bits per heavy atom. The van der Waals surface area contributed by atoms with E-state index in [-0.39, 0.29) is 11.7 Å². The van der Waals surface area contributed by atoms with Crippen LogP contribution in [0.1, 0.15) is 45.4 Å². The maximum Gasteiger partial charge on any atom is 0.419 e. The van der Waals surface area contributed by atoms with E-state index in [1.54, 1.807) is 10.6 Å². The van der Waals surface area contributed by atoms with Crippen molar-refractivity contribution in [1.82, 2.24) is 9.88 Å². The second-order valence-corrected chi connectivity index (χ2v) is 6.53. The topological polar surface area (TPSA) is 64.2 Å². The Balaban J connectivity index is 1.53. The number of aromatic nitrogens is 1. The van der Waals surface area contributed by atoms with Gasteiger partial charge in [0.1, 0.15) is 0 Å². The van der Waals surface area contributed by atoms with Gasteiger partial charge in [-0.25, -0.2) is 4.79 Å². The van der Waals surface area contributed by atoms with Crippen LogP contribution in [-0.4, -0.2) is 16.5 Å². The molecule has 2 unspecified atom stereocenters. The van der Waals surface area contributed by atoms with Crippen LogP contribution < -0.4 is 11.1 Å². The van der Waals surface area contributed by atoms with Crippen molar-refractivity contribution < 1.29 is 9.21 Å². The lowest BCUT2D eigenvalue weighted by Crippen LogP contribution is -2.41. The first kappa shape index (κ1) is 15.8. The number of para-hydroxylation sites is 2. The Kier molecular flexibility index (Phi) is 4.84. The third kappa shape index (κ3) is 3.66. The van der Waals surface area contributed by atoms with Gasteiger partial charge < -0.3 is 9.73 Å². The fourth-order valence-corrected chi connectivity index (χ4v) is 3.43. The number of carbonyl (C=O) groups is 1. The van der Waals surface area contributed by atoms with E-state index >= 15 is 0 Å². The van der Waals surface area contributed by atoms with Crippen molar-refractivity contribution >= 4 is 17.0 Å². The molecular formula is C18H24N2O3. The van der Waals surface area contributed by atoms with Gasteiger partial charge in [-0.1, -0.05) is 31.9 Å². The van der Waals surface area contributed by atoms with Gasteiger partial charge in [-0.3, -0.25) is 9.36 Å². The van der Waals surface area contributed by atoms with E-state index in [0.29, 0.717) is 36.9 Å². The summed E-state index contributed by atoms with van der Waals surface area (Å²) >= 11 is 0. The average molecular weight is 316 g/mol. The molecule has 2 aromatic rings. The molecule has 1 aromatic carbocycles. The van der Waals surface area contributed by atoms with Crippen LogP contribution in [-0.2, 0) is 11.3 Å². The minimum absolute atomic E-state index is 0.0876. The summed E-state index contributed by atoms with van der Waals surface area (Å²) in [6.45, 7) is 2.71. The van der Waals surface area contributed by atoms with Crippen LogP contribution in [0, 0.1) is 5.92 Å². The molecule has 2 atom stereocenters. The Hall–Kier alpha value is -2.04. The molecule has 5 nitrogen and oxygen atoms in total. The average Bonchev–Trinajstić information content (AvgIpc) is 2.86. The maximum atomic E-state index is 12.1. The predicted molar refractivity (Wildman–Crippen MR) is 89.3 cm³/mol. The Morgan fingerprint density at radius 2 is 2.09 bits per heavy atom. The van der Waals surface area contributed by atoms with Gasteiger partial charge in [0.2, 0.25) is 5.91 Å². The number of oxazole rings is 1. The highest BCUT2D eigenvalue weighted by atomic mass is 16.4. The first-order valence-electron chi connectivity index (χ1n) is 8.53. The number of hydrogen-bond acceptors (Lipinski definition) is 3. The number of hydrogen-bond donors (Lipinski definition) is 1. The molecular weight excluding hydrogens is 292 g/mol. The monoisotopic (exact) mass is 316 g/mol. The Morgan fingerprint density at radius 1 is 1.30 bits per heavy atom. The van der Waals surface area contributed by atoms with Crippen molar-refractivity contribution in [2.45, 2.75) is 58.0 Å². The van der Waals surface area contributed by atoms with Crippen LogP contribution in [0.5, 0.6) is 0 Å². The highest BCUT2D eigenvalue weighted by molar-refractivity contribution is 5.76. The van der Waals surface area contributed by atoms with Crippen LogP contribution in [0.2, 0.25) is 0 Å². The molecule has 1 aromatic heterocycles. The fraction of sp³-hybridized carbons (Fsp3) is 0.556. The molecule has 0 radical (unpaired) electrons. The zero-order valence-corrected chi connectivity index (χ0v) is 13.6. The molecule has 5 heteroatoms. The van der Waals surface area contributed by atoms with Crippen molar-refractivity contribution in [3.05, 3.63) is 34.8 Å². The molecule has 1 heterocycles. The van der Waals surface area contributed by atoms with Crippen molar-refractivity contribution in [1.29, 1.82) is 0 Å². The van der Waals surface area contributed by atoms with E-state index in [2.05, 4.69) is 12.2 Å². The molecule has 0 bridgehead atoms. The number of nitrogens with zero attached hydrogens (tertiary/aromatic N) is 1. The number of fused-ring (bicyclic) bond motifs is 1. The van der Waals surface area contributed by atoms with Crippen LogP contribution in [0.25, 0.3) is 11.1 Å². The molecule has 124 valence electrons. The molecule has 3 rings (SSSR count). The quantitative estimate of drug-likeness (QED) is 0.922. The van der Waals surface area contributed by atoms with E-state index in [1.807, 2.05) is 18.2 Å². The summed E-state index contributed by atoms with van der Waals surface area (Å²) in [5.41, 5.74) is 1.39. The highest BCUT2D eigenvalue weighted by Crippen LogP contribution is 2.23. The predicted octanol–water partition coefficient (Wildman–Crippen LogP) is 3.07. The van der Waals surface area contributed by atoms with Crippen LogP contribution in [0.4, 0.5) is 0 Å². The van der Waals surface area contributed by atoms with Gasteiger partial charge in [-0.2, -0.15) is 0 Å². The minimum Gasteiger partial charge on any atom is -0.408 e. The number of aryl methyl sites for hydroxylation is 1. The summed E-state index contributed by atoms with van der Waals surface area (Å²) in [5, 5.41) is 3.15. The van der Waals surface area contributed by atoms with Crippen molar-refractivity contribution in [2.24, 2.45) is 5.92 Å². The molecule has 1 aliphatic carbocycles. The first-order chi connectivity index (χ1) is 11.1. The molecule has 1 fully saturated rings. The lowest BCUT2D eigenvalue weighted by molar-refractivity contribution is -0.122. The number of carbonyl (C=O) groups excluding carboxylic acids is 1. The summed E-state index contributed by atoms with van der Waals surface area (Å²) in [6, 6.07) is 7.68. The Labute approximate surface area is 135 Å². The zero-order valence-electron chi connectivity index (χ0n) is 13.6. The number of benzene rings is 1. The van der Waals surface area contributed by atoms with Gasteiger partial charge in [0.25, 0.3) is 0 Å². The van der Waals surface area contributed by atoms with E-state index in [9.17, 15) is 9.59 Å². The maximum absolute atomic E-state index is 12.1. The summed E-state index contributed by atoms with van der Waals surface area (Å²) < 4.78 is 6.80. The van der Waals surface area contributed by atoms with E-state index in [0.717, 1.165) is 11.9 Å². The van der Waals surface area contributed by atoms with Gasteiger partial charge >= 0.3 is 5.76 Å². The third-order valence-electron chi connectivity index (χ3n) is 4.82. The lowest BCUT2D eigenvalue weighted by atomic mass is 9.86. The normalized spacial score (nSPS) is 21.4. The van der Waals surface area contributed by atoms with E-state index in [1.165, 1.54) is 19.3 Å². The standard InChI is InChI=1S/C18H24N2O3/c1-13-7-2-3-8-14(13)19-17(21)11-6-12-20-15-9-4-5-10-16(15)23-18(20)22/h4-5,9-10,13-14H,2-3,6-8,11-12H2,1H3,(H,19,21). The molecule has 0 aliphatic heterocycles. The lowest BCUT2D eigenvalue weighted by Gasteiger charge is -2.29. The number of amides is 1. The van der Waals surface area contributed by atoms with Gasteiger partial charge in [0.05, 0.1) is 5.52 Å². The third-order valence-corrected chi connectivity index (χ3v) is 4.82. The number of nitrogens with one attached hydrogen (secondary N) is 1. The highest BCUT2D eigenvalue weighted by Gasteiger charge is 2.22. The SMILES string of the molecule is CC1CCCCC1NC(=O)CCCn1c(=O)oc2ccccc21. The molecule has 0 saturated heterocycles. The van der Waals surface area contributed by atoms with Crippen LogP contribution in [0.3, 0.4) is 0 Å². The van der Waals surface area contributed by atoms with Crippen molar-refractivity contribution in [3.63, 3.8) is 0 Å².